The van der Waals surface area contributed by atoms with E-state index < -0.39 is 10.0 Å². The Labute approximate surface area is 155 Å². The first-order chi connectivity index (χ1) is 11.5. The summed E-state index contributed by atoms with van der Waals surface area (Å²) in [5.41, 5.74) is 6.30. The zero-order chi connectivity index (χ0) is 17.6. The highest BCUT2D eigenvalue weighted by Crippen LogP contribution is 2.14. The van der Waals surface area contributed by atoms with E-state index in [9.17, 15) is 13.2 Å². The SMILES string of the molecule is COC(CN)CC(=O)N1CCN(S(=O)(=O)Cc2ccccc2)CC1.Cl. The van der Waals surface area contributed by atoms with Gasteiger partial charge in [-0.3, -0.25) is 4.79 Å². The largest absolute Gasteiger partial charge is 0.380 e. The Hall–Kier alpha value is -1.19. The molecule has 1 atom stereocenters. The number of benzene rings is 1. The molecule has 0 bridgehead atoms. The first-order valence-corrected chi connectivity index (χ1v) is 9.59. The van der Waals surface area contributed by atoms with E-state index in [-0.39, 0.29) is 43.1 Å². The van der Waals surface area contributed by atoms with Crippen LogP contribution in [0, 0.1) is 0 Å². The van der Waals surface area contributed by atoms with Crippen LogP contribution in [0.1, 0.15) is 12.0 Å². The highest BCUT2D eigenvalue weighted by molar-refractivity contribution is 7.88. The third kappa shape index (κ3) is 6.23. The zero-order valence-electron chi connectivity index (χ0n) is 14.3. The number of halogens is 1. The van der Waals surface area contributed by atoms with Gasteiger partial charge in [-0.25, -0.2) is 8.42 Å². The first-order valence-electron chi connectivity index (χ1n) is 7.98. The van der Waals surface area contributed by atoms with Gasteiger partial charge in [-0.1, -0.05) is 30.3 Å². The maximum absolute atomic E-state index is 12.5. The Morgan fingerprint density at radius 3 is 2.32 bits per heavy atom. The predicted molar refractivity (Wildman–Crippen MR) is 98.9 cm³/mol. The minimum Gasteiger partial charge on any atom is -0.380 e. The summed E-state index contributed by atoms with van der Waals surface area (Å²) in [7, 11) is -1.84. The molecule has 1 fully saturated rings. The molecule has 1 saturated heterocycles. The first kappa shape index (κ1) is 21.9. The van der Waals surface area contributed by atoms with Crippen molar-refractivity contribution >= 4 is 28.3 Å². The molecule has 2 N–H and O–H groups in total. The molecule has 0 spiro atoms. The van der Waals surface area contributed by atoms with Gasteiger partial charge in [0.25, 0.3) is 0 Å². The van der Waals surface area contributed by atoms with Crippen LogP contribution >= 0.6 is 12.4 Å². The van der Waals surface area contributed by atoms with E-state index in [0.717, 1.165) is 5.56 Å². The molecule has 142 valence electrons. The summed E-state index contributed by atoms with van der Waals surface area (Å²) in [5.74, 6) is -0.0619. The highest BCUT2D eigenvalue weighted by Gasteiger charge is 2.29. The van der Waals surface area contributed by atoms with Gasteiger partial charge in [0.15, 0.2) is 0 Å². The zero-order valence-corrected chi connectivity index (χ0v) is 16.0. The number of sulfonamides is 1. The van der Waals surface area contributed by atoms with Crippen LogP contribution in [0.5, 0.6) is 0 Å². The van der Waals surface area contributed by atoms with E-state index in [2.05, 4.69) is 0 Å². The Morgan fingerprint density at radius 1 is 1.20 bits per heavy atom. The average Bonchev–Trinajstić information content (AvgIpc) is 2.60. The third-order valence-corrected chi connectivity index (χ3v) is 6.03. The number of hydrogen-bond donors (Lipinski definition) is 1. The van der Waals surface area contributed by atoms with E-state index in [4.69, 9.17) is 10.5 Å². The fourth-order valence-corrected chi connectivity index (χ4v) is 4.19. The number of amides is 1. The lowest BCUT2D eigenvalue weighted by atomic mass is 10.2. The van der Waals surface area contributed by atoms with Crippen molar-refractivity contribution in [1.29, 1.82) is 0 Å². The number of carbonyl (C=O) groups is 1. The van der Waals surface area contributed by atoms with Gasteiger partial charge in [-0.2, -0.15) is 4.31 Å². The molecule has 1 heterocycles. The van der Waals surface area contributed by atoms with Gasteiger partial charge in [0.2, 0.25) is 15.9 Å². The van der Waals surface area contributed by atoms with E-state index >= 15 is 0 Å². The molecule has 25 heavy (non-hydrogen) atoms. The normalized spacial score (nSPS) is 17.0. The van der Waals surface area contributed by atoms with Gasteiger partial charge >= 0.3 is 0 Å². The van der Waals surface area contributed by atoms with Crippen molar-refractivity contribution in [3.63, 3.8) is 0 Å². The van der Waals surface area contributed by atoms with Crippen LogP contribution in [0.15, 0.2) is 30.3 Å². The number of carbonyl (C=O) groups excluding carboxylic acids is 1. The van der Waals surface area contributed by atoms with Crippen LogP contribution in [0.2, 0.25) is 0 Å². The van der Waals surface area contributed by atoms with Crippen molar-refractivity contribution < 1.29 is 17.9 Å². The Kier molecular flexibility index (Phi) is 8.81. The number of piperazine rings is 1. The van der Waals surface area contributed by atoms with Crippen molar-refractivity contribution in [2.45, 2.75) is 18.3 Å². The van der Waals surface area contributed by atoms with Crippen molar-refractivity contribution in [1.82, 2.24) is 9.21 Å². The van der Waals surface area contributed by atoms with Gasteiger partial charge in [-0.15, -0.1) is 12.4 Å². The highest BCUT2D eigenvalue weighted by atomic mass is 35.5. The van der Waals surface area contributed by atoms with Gasteiger partial charge in [-0.05, 0) is 5.56 Å². The monoisotopic (exact) mass is 391 g/mol. The molecule has 1 aromatic rings. The van der Waals surface area contributed by atoms with Crippen molar-refractivity contribution in [3.8, 4) is 0 Å². The second-order valence-electron chi connectivity index (χ2n) is 5.82. The molecular formula is C16H26ClN3O4S. The second kappa shape index (κ2) is 10.1. The average molecular weight is 392 g/mol. The Bertz CT molecular complexity index is 630. The van der Waals surface area contributed by atoms with Crippen LogP contribution < -0.4 is 5.73 Å². The van der Waals surface area contributed by atoms with Crippen molar-refractivity contribution in [2.24, 2.45) is 5.73 Å². The molecule has 1 aromatic carbocycles. The molecule has 7 nitrogen and oxygen atoms in total. The maximum atomic E-state index is 12.5. The minimum atomic E-state index is -3.37. The summed E-state index contributed by atoms with van der Waals surface area (Å²) in [6.07, 6.45) is -0.0682. The standard InChI is InChI=1S/C16H25N3O4S.ClH/c1-23-15(12-17)11-16(20)18-7-9-19(10-8-18)24(21,22)13-14-5-3-2-4-6-14;/h2-6,15H,7-13,17H2,1H3;1H. The number of hydrogen-bond acceptors (Lipinski definition) is 5. The van der Waals surface area contributed by atoms with Gasteiger partial charge in [0.05, 0.1) is 18.3 Å². The molecule has 0 saturated carbocycles. The van der Waals surface area contributed by atoms with Crippen molar-refractivity contribution in [2.75, 3.05) is 39.8 Å². The molecule has 0 radical (unpaired) electrons. The number of methoxy groups -OCH3 is 1. The van der Waals surface area contributed by atoms with Gasteiger partial charge in [0.1, 0.15) is 0 Å². The fourth-order valence-electron chi connectivity index (χ4n) is 2.68. The maximum Gasteiger partial charge on any atom is 0.225 e. The summed E-state index contributed by atoms with van der Waals surface area (Å²) in [5, 5.41) is 0. The Morgan fingerprint density at radius 2 is 1.80 bits per heavy atom. The molecule has 1 aliphatic rings. The summed E-state index contributed by atoms with van der Waals surface area (Å²) < 4.78 is 31.6. The second-order valence-corrected chi connectivity index (χ2v) is 7.79. The van der Waals surface area contributed by atoms with E-state index in [1.54, 1.807) is 17.0 Å². The van der Waals surface area contributed by atoms with Gasteiger partial charge < -0.3 is 15.4 Å². The van der Waals surface area contributed by atoms with E-state index in [1.807, 2.05) is 18.2 Å². The molecule has 0 aromatic heterocycles. The number of rotatable bonds is 7. The lowest BCUT2D eigenvalue weighted by Gasteiger charge is -2.34. The lowest BCUT2D eigenvalue weighted by Crippen LogP contribution is -2.51. The number of ether oxygens (including phenoxy) is 1. The smallest absolute Gasteiger partial charge is 0.225 e. The number of nitrogens with zero attached hydrogens (tertiary/aromatic N) is 2. The van der Waals surface area contributed by atoms with Crippen LogP contribution in [0.25, 0.3) is 0 Å². The molecule has 9 heteroatoms. The van der Waals surface area contributed by atoms with Crippen LogP contribution in [-0.4, -0.2) is 69.5 Å². The predicted octanol–water partition coefficient (Wildman–Crippen LogP) is 0.446. The summed E-state index contributed by atoms with van der Waals surface area (Å²) in [6, 6.07) is 9.11. The molecule has 1 aliphatic heterocycles. The van der Waals surface area contributed by atoms with Crippen LogP contribution in [0.3, 0.4) is 0 Å². The summed E-state index contributed by atoms with van der Waals surface area (Å²) in [6.45, 7) is 1.72. The van der Waals surface area contributed by atoms with E-state index in [1.165, 1.54) is 11.4 Å². The fraction of sp³-hybridized carbons (Fsp3) is 0.562. The topological polar surface area (TPSA) is 92.9 Å². The molecular weight excluding hydrogens is 366 g/mol. The van der Waals surface area contributed by atoms with Crippen LogP contribution in [0.4, 0.5) is 0 Å². The lowest BCUT2D eigenvalue weighted by molar-refractivity contribution is -0.134. The molecule has 2 rings (SSSR count). The third-order valence-electron chi connectivity index (χ3n) is 4.18. The summed E-state index contributed by atoms with van der Waals surface area (Å²) >= 11 is 0. The molecule has 0 aliphatic carbocycles. The quantitative estimate of drug-likeness (QED) is 0.728. The van der Waals surface area contributed by atoms with E-state index in [0.29, 0.717) is 26.2 Å². The van der Waals surface area contributed by atoms with Crippen molar-refractivity contribution in [3.05, 3.63) is 35.9 Å². The Balaban J connectivity index is 0.00000312. The molecule has 1 amide bonds. The van der Waals surface area contributed by atoms with Gasteiger partial charge in [0, 0.05) is 39.8 Å². The number of nitrogens with two attached hydrogens (primary N) is 1. The summed E-state index contributed by atoms with van der Waals surface area (Å²) in [4.78, 5) is 13.9. The minimum absolute atomic E-state index is 0. The molecule has 1 unspecified atom stereocenters. The van der Waals surface area contributed by atoms with Crippen LogP contribution in [-0.2, 0) is 25.3 Å².